The van der Waals surface area contributed by atoms with Crippen LogP contribution in [0.25, 0.3) is 10.9 Å². The van der Waals surface area contributed by atoms with Crippen molar-refractivity contribution in [1.29, 1.82) is 0 Å². The average molecular weight is 367 g/mol. The Morgan fingerprint density at radius 1 is 1.33 bits per heavy atom. The minimum atomic E-state index is -1.38. The molecule has 1 aliphatic rings. The van der Waals surface area contributed by atoms with Crippen molar-refractivity contribution in [1.82, 2.24) is 9.78 Å². The molecule has 2 aromatic rings. The maximum Gasteiger partial charge on any atom is 1.00 e. The topological polar surface area (TPSA) is 106 Å². The summed E-state index contributed by atoms with van der Waals surface area (Å²) in [6.45, 7) is 5.90. The van der Waals surface area contributed by atoms with E-state index in [1.165, 1.54) is 0 Å². The number of aromatic nitrogens is 2. The fraction of sp³-hybridized carbons (Fsp3) is 0.500. The van der Waals surface area contributed by atoms with E-state index >= 15 is 0 Å². The molecule has 1 N–H and O–H groups in total. The number of nitrogens with one attached hydrogen (secondary N) is 1. The first-order chi connectivity index (χ1) is 12.2. The number of fused-ring (bicyclic) bond motifs is 1. The van der Waals surface area contributed by atoms with Crippen molar-refractivity contribution >= 4 is 28.7 Å². The van der Waals surface area contributed by atoms with Crippen LogP contribution in [0.5, 0.6) is 0 Å². The smallest absolute Gasteiger partial charge is 0.543 e. The Hall–Kier alpha value is -2.01. The molecule has 0 bridgehead atoms. The van der Waals surface area contributed by atoms with E-state index in [-0.39, 0.29) is 30.8 Å². The van der Waals surface area contributed by atoms with Gasteiger partial charge in [-0.3, -0.25) is 5.32 Å². The fourth-order valence-corrected chi connectivity index (χ4v) is 2.93. The number of aromatic carboxylic acids is 1. The zero-order chi connectivity index (χ0) is 18.9. The molecule has 2 heterocycles. The molecule has 1 aromatic heterocycles. The predicted molar refractivity (Wildman–Crippen MR) is 92.8 cm³/mol. The van der Waals surface area contributed by atoms with Gasteiger partial charge in [-0.05, 0) is 58.2 Å². The van der Waals surface area contributed by atoms with Gasteiger partial charge in [0.2, 0.25) is 0 Å². The molecule has 1 saturated heterocycles. The van der Waals surface area contributed by atoms with Gasteiger partial charge < -0.3 is 19.4 Å². The maximum atomic E-state index is 11.9. The summed E-state index contributed by atoms with van der Waals surface area (Å²) in [6.07, 6.45) is 1.82. The van der Waals surface area contributed by atoms with Crippen LogP contribution in [0.1, 0.15) is 56.8 Å². The predicted octanol–water partition coefficient (Wildman–Crippen LogP) is -0.550. The van der Waals surface area contributed by atoms with Crippen LogP contribution in [-0.2, 0) is 9.47 Å². The Bertz CT molecular complexity index is 837. The minimum Gasteiger partial charge on any atom is -0.543 e. The summed E-state index contributed by atoms with van der Waals surface area (Å²) in [4.78, 5) is 23.4. The molecule has 1 aliphatic heterocycles. The first kappa shape index (κ1) is 21.3. The SMILES string of the molecule is CC(C)(C)OC(=O)Nc1ccc2c(c1)c(C(=O)[O-])nn2C1CCCCO1.[Li+]. The van der Waals surface area contributed by atoms with Crippen LogP contribution in [0, 0.1) is 0 Å². The van der Waals surface area contributed by atoms with E-state index in [2.05, 4.69) is 10.4 Å². The third-order valence-electron chi connectivity index (χ3n) is 3.97. The zero-order valence-corrected chi connectivity index (χ0v) is 16.1. The number of carboxylic acid groups (broad SMARTS) is 1. The zero-order valence-electron chi connectivity index (χ0n) is 16.1. The number of ether oxygens (including phenoxy) is 2. The first-order valence-corrected chi connectivity index (χ1v) is 8.60. The van der Waals surface area contributed by atoms with E-state index in [1.807, 2.05) is 0 Å². The molecule has 0 spiro atoms. The molecule has 0 radical (unpaired) electrons. The molecule has 8 nitrogen and oxygen atoms in total. The Balaban J connectivity index is 0.00000261. The number of hydrogen-bond acceptors (Lipinski definition) is 6. The average Bonchev–Trinajstić information content (AvgIpc) is 2.93. The van der Waals surface area contributed by atoms with Crippen LogP contribution in [0.4, 0.5) is 10.5 Å². The summed E-state index contributed by atoms with van der Waals surface area (Å²) < 4.78 is 12.5. The van der Waals surface area contributed by atoms with Crippen molar-refractivity contribution in [2.75, 3.05) is 11.9 Å². The van der Waals surface area contributed by atoms with E-state index < -0.39 is 17.7 Å². The van der Waals surface area contributed by atoms with Crippen LogP contribution in [-0.4, -0.2) is 34.1 Å². The van der Waals surface area contributed by atoms with Crippen molar-refractivity contribution in [3.63, 3.8) is 0 Å². The Morgan fingerprint density at radius 2 is 2.07 bits per heavy atom. The summed E-state index contributed by atoms with van der Waals surface area (Å²) in [5.41, 5.74) is 0.222. The summed E-state index contributed by atoms with van der Waals surface area (Å²) in [7, 11) is 0. The van der Waals surface area contributed by atoms with Crippen molar-refractivity contribution in [3.8, 4) is 0 Å². The second kappa shape index (κ2) is 8.34. The minimum absolute atomic E-state index is 0. The molecular weight excluding hydrogens is 345 g/mol. The molecule has 27 heavy (non-hydrogen) atoms. The van der Waals surface area contributed by atoms with Crippen LogP contribution < -0.4 is 29.3 Å². The van der Waals surface area contributed by atoms with Crippen LogP contribution in [0.3, 0.4) is 0 Å². The Labute approximate surface area is 169 Å². The van der Waals surface area contributed by atoms with E-state index in [0.717, 1.165) is 19.3 Å². The maximum absolute atomic E-state index is 11.9. The molecule has 1 unspecified atom stereocenters. The summed E-state index contributed by atoms with van der Waals surface area (Å²) in [5, 5.41) is 18.7. The molecular formula is C18H22LiN3O5. The van der Waals surface area contributed by atoms with Gasteiger partial charge in [0.25, 0.3) is 0 Å². The molecule has 0 aliphatic carbocycles. The van der Waals surface area contributed by atoms with Crippen LogP contribution in [0.2, 0.25) is 0 Å². The van der Waals surface area contributed by atoms with Gasteiger partial charge in [-0.1, -0.05) is 0 Å². The number of nitrogens with zero attached hydrogens (tertiary/aromatic N) is 2. The first-order valence-electron chi connectivity index (χ1n) is 8.60. The van der Waals surface area contributed by atoms with Crippen molar-refractivity contribution < 1.29 is 43.0 Å². The van der Waals surface area contributed by atoms with Crippen LogP contribution >= 0.6 is 0 Å². The largest absolute Gasteiger partial charge is 1.00 e. The van der Waals surface area contributed by atoms with Gasteiger partial charge >= 0.3 is 25.0 Å². The van der Waals surface area contributed by atoms with Crippen molar-refractivity contribution in [2.45, 2.75) is 51.9 Å². The molecule has 9 heteroatoms. The van der Waals surface area contributed by atoms with Crippen molar-refractivity contribution in [2.24, 2.45) is 0 Å². The van der Waals surface area contributed by atoms with Gasteiger partial charge in [0.05, 0.1) is 11.5 Å². The third kappa shape index (κ3) is 5.04. The summed E-state index contributed by atoms with van der Waals surface area (Å²) in [6, 6.07) is 4.93. The second-order valence-electron chi connectivity index (χ2n) is 7.26. The number of hydrogen-bond donors (Lipinski definition) is 1. The number of benzene rings is 1. The van der Waals surface area contributed by atoms with E-state index in [0.29, 0.717) is 23.2 Å². The fourth-order valence-electron chi connectivity index (χ4n) is 2.93. The molecule has 1 aromatic carbocycles. The third-order valence-corrected chi connectivity index (χ3v) is 3.97. The Morgan fingerprint density at radius 3 is 2.67 bits per heavy atom. The van der Waals surface area contributed by atoms with Gasteiger partial charge in [0, 0.05) is 17.7 Å². The summed E-state index contributed by atoms with van der Waals surface area (Å²) in [5.74, 6) is -1.38. The standard InChI is InChI=1S/C18H23N3O5.Li/c1-18(2,3)26-17(24)19-11-7-8-13-12(10-11)15(16(22)23)20-21(13)14-6-4-5-9-25-14;/h7-8,10,14H,4-6,9H2,1-3H3,(H,19,24)(H,22,23);/q;+1/p-1. The number of carbonyl (C=O) groups excluding carboxylic acids is 2. The number of carbonyl (C=O) groups is 2. The number of anilines is 1. The van der Waals surface area contributed by atoms with E-state index in [4.69, 9.17) is 9.47 Å². The van der Waals surface area contributed by atoms with E-state index in [9.17, 15) is 14.7 Å². The molecule has 1 amide bonds. The summed E-state index contributed by atoms with van der Waals surface area (Å²) >= 11 is 0. The Kier molecular flexibility index (Phi) is 6.58. The van der Waals surface area contributed by atoms with Gasteiger partial charge in [-0.25, -0.2) is 9.48 Å². The second-order valence-corrected chi connectivity index (χ2v) is 7.26. The molecule has 140 valence electrons. The number of carboxylic acids is 1. The molecule has 3 rings (SSSR count). The number of amides is 1. The monoisotopic (exact) mass is 367 g/mol. The van der Waals surface area contributed by atoms with Gasteiger partial charge in [-0.2, -0.15) is 5.10 Å². The van der Waals surface area contributed by atoms with Gasteiger partial charge in [0.15, 0.2) is 6.23 Å². The van der Waals surface area contributed by atoms with Gasteiger partial charge in [0.1, 0.15) is 11.3 Å². The van der Waals surface area contributed by atoms with Crippen LogP contribution in [0.15, 0.2) is 18.2 Å². The molecule has 0 saturated carbocycles. The van der Waals surface area contributed by atoms with E-state index in [1.54, 1.807) is 43.7 Å². The van der Waals surface area contributed by atoms with Gasteiger partial charge in [-0.15, -0.1) is 0 Å². The van der Waals surface area contributed by atoms with Crippen molar-refractivity contribution in [3.05, 3.63) is 23.9 Å². The normalized spacial score (nSPS) is 17.2. The number of rotatable bonds is 3. The molecule has 1 atom stereocenters. The quantitative estimate of drug-likeness (QED) is 0.730. The molecule has 1 fully saturated rings.